The molecule has 0 aliphatic rings. The number of methoxy groups -OCH3 is 2. The van der Waals surface area contributed by atoms with Gasteiger partial charge in [-0.15, -0.1) is 0 Å². The minimum Gasteiger partial charge on any atom is -0.497 e. The highest BCUT2D eigenvalue weighted by Gasteiger charge is 2.24. The molecular weight excluding hydrogens is 576 g/mol. The fourth-order valence-corrected chi connectivity index (χ4v) is 8.00. The lowest BCUT2D eigenvalue weighted by Gasteiger charge is -2.18. The maximum Gasteiger partial charge on any atom is 0.264 e. The van der Waals surface area contributed by atoms with Gasteiger partial charge < -0.3 is 9.47 Å². The summed E-state index contributed by atoms with van der Waals surface area (Å²) in [6.45, 7) is 0. The van der Waals surface area contributed by atoms with E-state index in [0.29, 0.717) is 39.1 Å². The van der Waals surface area contributed by atoms with Crippen molar-refractivity contribution in [2.45, 2.75) is 0 Å². The number of hydrogen-bond donors (Lipinski definition) is 0. The molecule has 0 atom stereocenters. The van der Waals surface area contributed by atoms with Gasteiger partial charge >= 0.3 is 0 Å². The van der Waals surface area contributed by atoms with Crippen molar-refractivity contribution in [2.75, 3.05) is 14.2 Å². The van der Waals surface area contributed by atoms with Crippen LogP contribution in [0.15, 0.2) is 94.5 Å². The van der Waals surface area contributed by atoms with E-state index in [-0.39, 0.29) is 11.1 Å². The molecule has 0 bridgehead atoms. The van der Waals surface area contributed by atoms with E-state index in [2.05, 4.69) is 30.3 Å². The van der Waals surface area contributed by atoms with E-state index in [9.17, 15) is 9.59 Å². The summed E-state index contributed by atoms with van der Waals surface area (Å²) >= 11 is 0. The van der Waals surface area contributed by atoms with E-state index in [4.69, 9.17) is 19.4 Å². The minimum atomic E-state index is -0.112. The number of ether oxygens (including phenoxy) is 2. The maximum atomic E-state index is 14.2. The van der Waals surface area contributed by atoms with Crippen LogP contribution in [0.2, 0.25) is 0 Å². The number of nitrogens with zero attached hydrogens (tertiary/aromatic N) is 4. The molecule has 11 aromatic rings. The second kappa shape index (κ2) is 7.86. The number of hydrogen-bond acceptors (Lipinski definition) is 6. The number of imidazole rings is 2. The molecule has 11 rings (SSSR count). The summed E-state index contributed by atoms with van der Waals surface area (Å²) in [5.74, 6) is 1.36. The average molecular weight is 597 g/mol. The van der Waals surface area contributed by atoms with Crippen LogP contribution in [0.3, 0.4) is 0 Å². The van der Waals surface area contributed by atoms with E-state index >= 15 is 0 Å². The molecule has 0 spiro atoms. The topological polar surface area (TPSA) is 87.2 Å². The monoisotopic (exact) mass is 596 g/mol. The van der Waals surface area contributed by atoms with Gasteiger partial charge in [0.15, 0.2) is 0 Å². The molecule has 8 heteroatoms. The molecule has 0 saturated carbocycles. The summed E-state index contributed by atoms with van der Waals surface area (Å²) in [4.78, 5) is 38.1. The Morgan fingerprint density at radius 1 is 0.457 bits per heavy atom. The van der Waals surface area contributed by atoms with Crippen molar-refractivity contribution >= 4 is 98.0 Å². The van der Waals surface area contributed by atoms with Gasteiger partial charge in [-0.25, -0.2) is 9.97 Å². The van der Waals surface area contributed by atoms with E-state index in [1.165, 1.54) is 0 Å². The third-order valence-corrected chi connectivity index (χ3v) is 9.97. The number of rotatable bonds is 2. The lowest BCUT2D eigenvalue weighted by atomic mass is 9.86. The summed E-state index contributed by atoms with van der Waals surface area (Å²) in [6.07, 6.45) is 0. The zero-order chi connectivity index (χ0) is 30.6. The Kier molecular flexibility index (Phi) is 4.12. The fraction of sp³-hybridized carbons (Fsp3) is 0.0526. The normalized spacial score (nSPS) is 12.7. The van der Waals surface area contributed by atoms with E-state index in [1.807, 2.05) is 54.6 Å². The molecule has 4 aromatic heterocycles. The molecule has 0 fully saturated rings. The van der Waals surface area contributed by atoms with Crippen molar-refractivity contribution in [1.29, 1.82) is 0 Å². The zero-order valence-corrected chi connectivity index (χ0v) is 24.5. The number of pyridine rings is 2. The van der Waals surface area contributed by atoms with Crippen LogP contribution in [0.25, 0.3) is 98.0 Å². The van der Waals surface area contributed by atoms with Crippen molar-refractivity contribution in [3.8, 4) is 11.5 Å². The van der Waals surface area contributed by atoms with Crippen molar-refractivity contribution in [1.82, 2.24) is 18.8 Å². The Morgan fingerprint density at radius 2 is 0.891 bits per heavy atom. The van der Waals surface area contributed by atoms with Crippen molar-refractivity contribution in [3.05, 3.63) is 106 Å². The second-order valence-corrected chi connectivity index (χ2v) is 12.0. The lowest BCUT2D eigenvalue weighted by molar-refractivity contribution is 0.415. The summed E-state index contributed by atoms with van der Waals surface area (Å²) in [6, 6.07) is 27.6. The predicted molar refractivity (Wildman–Crippen MR) is 183 cm³/mol. The highest BCUT2D eigenvalue weighted by molar-refractivity contribution is 6.40. The zero-order valence-electron chi connectivity index (χ0n) is 24.5. The molecule has 8 nitrogen and oxygen atoms in total. The number of fused-ring (bicyclic) bond motifs is 10. The molecular formula is C38H20N4O4. The van der Waals surface area contributed by atoms with Crippen molar-refractivity contribution < 1.29 is 9.47 Å². The molecule has 0 aliphatic heterocycles. The summed E-state index contributed by atoms with van der Waals surface area (Å²) in [5.41, 5.74) is 3.95. The molecule has 0 unspecified atom stereocenters. The molecule has 46 heavy (non-hydrogen) atoms. The van der Waals surface area contributed by atoms with E-state index in [0.717, 1.165) is 70.4 Å². The molecule has 7 aromatic carbocycles. The molecule has 0 amide bonds. The van der Waals surface area contributed by atoms with Crippen LogP contribution >= 0.6 is 0 Å². The Morgan fingerprint density at radius 3 is 1.46 bits per heavy atom. The fourth-order valence-electron chi connectivity index (χ4n) is 8.00. The first-order valence-electron chi connectivity index (χ1n) is 15.0. The lowest BCUT2D eigenvalue weighted by Crippen LogP contribution is -2.14. The van der Waals surface area contributed by atoms with Crippen molar-refractivity contribution in [2.24, 2.45) is 0 Å². The molecule has 0 saturated heterocycles. The molecule has 0 aliphatic carbocycles. The van der Waals surface area contributed by atoms with Gasteiger partial charge in [0.1, 0.15) is 22.8 Å². The van der Waals surface area contributed by atoms with Gasteiger partial charge in [0.2, 0.25) is 0 Å². The van der Waals surface area contributed by atoms with Crippen LogP contribution in [0.1, 0.15) is 0 Å². The standard InChI is InChI=1S/C38H20N4O4/c1-45-17-4-14-29-28(15-17)40-36-24-10-6-20-19-5-9-23-33-26(38(44)42-30-16-18(46-2)3-13-27(30)39-35(23)42)12-8-22(31(19)33)21-7-11-25(34(24)32(20)21)37(43)41(29)36/h3-16H,1-2H3. The summed E-state index contributed by atoms with van der Waals surface area (Å²) in [5, 5.41) is 11.1. The largest absolute Gasteiger partial charge is 0.497 e. The highest BCUT2D eigenvalue weighted by Crippen LogP contribution is 2.45. The second-order valence-electron chi connectivity index (χ2n) is 12.0. The first-order valence-corrected chi connectivity index (χ1v) is 15.0. The van der Waals surface area contributed by atoms with E-state index in [1.54, 1.807) is 23.0 Å². The van der Waals surface area contributed by atoms with Crippen molar-refractivity contribution in [3.63, 3.8) is 0 Å². The van der Waals surface area contributed by atoms with Gasteiger partial charge in [-0.2, -0.15) is 0 Å². The van der Waals surface area contributed by atoms with Crippen LogP contribution < -0.4 is 20.6 Å². The quantitative estimate of drug-likeness (QED) is 0.154. The maximum absolute atomic E-state index is 14.2. The van der Waals surface area contributed by atoms with Gasteiger partial charge in [-0.05, 0) is 80.8 Å². The number of benzene rings is 7. The van der Waals surface area contributed by atoms with Crippen LogP contribution in [-0.4, -0.2) is 33.0 Å². The SMILES string of the molecule is COc1ccc2c(c1)nc1c3ccc4c5ccc6c7c(ccc(c8ccc(c(=O)n21)c3c84)c57)c(=O)n1c2cc(OC)ccc2nc61. The first kappa shape index (κ1) is 24.1. The molecule has 0 N–H and O–H groups in total. The Bertz CT molecular complexity index is 3180. The van der Waals surface area contributed by atoms with Gasteiger partial charge in [0.25, 0.3) is 11.1 Å². The Labute approximate surface area is 257 Å². The van der Waals surface area contributed by atoms with Crippen LogP contribution in [-0.2, 0) is 0 Å². The third-order valence-electron chi connectivity index (χ3n) is 9.97. The van der Waals surface area contributed by atoms with Crippen LogP contribution in [0, 0.1) is 0 Å². The van der Waals surface area contributed by atoms with Gasteiger partial charge in [0.05, 0.1) is 36.3 Å². The van der Waals surface area contributed by atoms with Crippen LogP contribution in [0.5, 0.6) is 11.5 Å². The third kappa shape index (κ3) is 2.61. The number of aromatic nitrogens is 4. The average Bonchev–Trinajstić information content (AvgIpc) is 3.67. The smallest absolute Gasteiger partial charge is 0.264 e. The summed E-state index contributed by atoms with van der Waals surface area (Å²) in [7, 11) is 3.24. The summed E-state index contributed by atoms with van der Waals surface area (Å²) < 4.78 is 14.3. The Balaban J connectivity index is 1.34. The molecule has 216 valence electrons. The van der Waals surface area contributed by atoms with Gasteiger partial charge in [-0.1, -0.05) is 24.3 Å². The van der Waals surface area contributed by atoms with Crippen LogP contribution in [0.4, 0.5) is 0 Å². The van der Waals surface area contributed by atoms with E-state index < -0.39 is 0 Å². The van der Waals surface area contributed by atoms with Gasteiger partial charge in [0, 0.05) is 44.5 Å². The minimum absolute atomic E-state index is 0.101. The predicted octanol–water partition coefficient (Wildman–Crippen LogP) is 7.26. The Hall–Kier alpha value is -6.28. The molecule has 4 heterocycles. The highest BCUT2D eigenvalue weighted by atomic mass is 16.5. The first-order chi connectivity index (χ1) is 22.6. The van der Waals surface area contributed by atoms with Gasteiger partial charge in [-0.3, -0.25) is 18.4 Å². The molecule has 0 radical (unpaired) electrons.